The summed E-state index contributed by atoms with van der Waals surface area (Å²) in [6.07, 6.45) is -0.566. The van der Waals surface area contributed by atoms with E-state index in [4.69, 9.17) is 9.47 Å². The lowest BCUT2D eigenvalue weighted by Gasteiger charge is -2.39. The number of carbonyl (C=O) groups is 3. The molecule has 2 aromatic rings. The van der Waals surface area contributed by atoms with Crippen molar-refractivity contribution in [1.29, 1.82) is 0 Å². The Morgan fingerprint density at radius 2 is 1.71 bits per heavy atom. The van der Waals surface area contributed by atoms with Gasteiger partial charge in [-0.1, -0.05) is 42.5 Å². The average molecular weight is 466 g/mol. The second-order valence-electron chi connectivity index (χ2n) is 9.75. The van der Waals surface area contributed by atoms with Gasteiger partial charge in [-0.3, -0.25) is 15.0 Å². The van der Waals surface area contributed by atoms with E-state index >= 15 is 0 Å². The number of ether oxygens (including phenoxy) is 2. The van der Waals surface area contributed by atoms with E-state index in [-0.39, 0.29) is 18.3 Å². The van der Waals surface area contributed by atoms with Crippen molar-refractivity contribution in [2.24, 2.45) is 4.99 Å². The lowest BCUT2D eigenvalue weighted by molar-refractivity contribution is -0.130. The third kappa shape index (κ3) is 6.01. The van der Waals surface area contributed by atoms with Gasteiger partial charge >= 0.3 is 12.1 Å². The Balaban J connectivity index is 2.13. The van der Waals surface area contributed by atoms with Crippen LogP contribution in [0.3, 0.4) is 0 Å². The molecule has 2 aromatic carbocycles. The van der Waals surface area contributed by atoms with E-state index in [9.17, 15) is 14.4 Å². The average Bonchev–Trinajstić information content (AvgIpc) is 2.74. The fraction of sp³-hybridized carbons (Fsp3) is 0.385. The normalized spacial score (nSPS) is 16.4. The van der Waals surface area contributed by atoms with E-state index in [0.29, 0.717) is 11.1 Å². The number of benzene rings is 2. The van der Waals surface area contributed by atoms with E-state index in [0.717, 1.165) is 5.56 Å². The van der Waals surface area contributed by atoms with Crippen LogP contribution in [-0.4, -0.2) is 47.1 Å². The van der Waals surface area contributed by atoms with Crippen LogP contribution in [0, 0.1) is 0 Å². The number of methoxy groups -OCH3 is 1. The van der Waals surface area contributed by atoms with Gasteiger partial charge in [0.15, 0.2) is 0 Å². The van der Waals surface area contributed by atoms with Crippen molar-refractivity contribution in [2.75, 3.05) is 7.11 Å². The standard InChI is InChI=1S/C26H31N3O5/c1-25(2,3)34-24(32)27-23-28-26(4,5)16-20(30)29(23)21(17-11-8-7-9-12-17)18-13-10-14-19(15-18)22(31)33-6/h7-15,21H,16H2,1-6H3,(H,27,28,32)/t21-/m0/s1. The first-order chi connectivity index (χ1) is 15.9. The number of amides is 2. The Labute approximate surface area is 200 Å². The molecule has 0 spiro atoms. The van der Waals surface area contributed by atoms with Gasteiger partial charge < -0.3 is 9.47 Å². The van der Waals surface area contributed by atoms with Gasteiger partial charge in [0.1, 0.15) is 5.60 Å². The van der Waals surface area contributed by atoms with Crippen molar-refractivity contribution in [3.63, 3.8) is 0 Å². The van der Waals surface area contributed by atoms with Crippen molar-refractivity contribution in [3.8, 4) is 0 Å². The molecule has 1 heterocycles. The van der Waals surface area contributed by atoms with E-state index in [2.05, 4.69) is 10.3 Å². The number of aliphatic imine (C=N–C) groups is 1. The van der Waals surface area contributed by atoms with Gasteiger partial charge in [0.05, 0.1) is 30.7 Å². The summed E-state index contributed by atoms with van der Waals surface area (Å²) in [6.45, 7) is 8.93. The molecule has 8 heteroatoms. The third-order valence-corrected chi connectivity index (χ3v) is 5.10. The number of guanidine groups is 1. The zero-order chi connectivity index (χ0) is 25.1. The molecule has 1 aliphatic heterocycles. The van der Waals surface area contributed by atoms with Crippen LogP contribution in [0.2, 0.25) is 0 Å². The van der Waals surface area contributed by atoms with Gasteiger partial charge in [0.2, 0.25) is 11.9 Å². The fourth-order valence-electron chi connectivity index (χ4n) is 3.78. The van der Waals surface area contributed by atoms with Crippen LogP contribution in [0.25, 0.3) is 0 Å². The summed E-state index contributed by atoms with van der Waals surface area (Å²) >= 11 is 0. The number of hydrogen-bond acceptors (Lipinski definition) is 6. The fourth-order valence-corrected chi connectivity index (χ4v) is 3.78. The van der Waals surface area contributed by atoms with Crippen molar-refractivity contribution in [1.82, 2.24) is 10.2 Å². The molecule has 3 rings (SSSR count). The van der Waals surface area contributed by atoms with Crippen molar-refractivity contribution < 1.29 is 23.9 Å². The maximum Gasteiger partial charge on any atom is 0.414 e. The monoisotopic (exact) mass is 465 g/mol. The Bertz CT molecular complexity index is 1100. The quantitative estimate of drug-likeness (QED) is 0.673. The number of rotatable bonds is 4. The van der Waals surface area contributed by atoms with E-state index < -0.39 is 29.2 Å². The van der Waals surface area contributed by atoms with E-state index in [1.807, 2.05) is 50.2 Å². The molecule has 1 aliphatic rings. The molecule has 0 radical (unpaired) electrons. The molecule has 0 aromatic heterocycles. The molecule has 34 heavy (non-hydrogen) atoms. The third-order valence-electron chi connectivity index (χ3n) is 5.10. The maximum absolute atomic E-state index is 13.5. The lowest BCUT2D eigenvalue weighted by atomic mass is 9.92. The van der Waals surface area contributed by atoms with Crippen LogP contribution in [0.5, 0.6) is 0 Å². The van der Waals surface area contributed by atoms with Gasteiger partial charge in [0, 0.05) is 0 Å². The van der Waals surface area contributed by atoms with Crippen LogP contribution >= 0.6 is 0 Å². The van der Waals surface area contributed by atoms with Gasteiger partial charge in [0.25, 0.3) is 0 Å². The second kappa shape index (κ2) is 9.67. The van der Waals surface area contributed by atoms with Crippen LogP contribution < -0.4 is 5.32 Å². The molecular formula is C26H31N3O5. The Hall–Kier alpha value is -3.68. The summed E-state index contributed by atoms with van der Waals surface area (Å²) in [5, 5.41) is 2.68. The van der Waals surface area contributed by atoms with Crippen molar-refractivity contribution in [3.05, 3.63) is 71.3 Å². The topological polar surface area (TPSA) is 97.3 Å². The van der Waals surface area contributed by atoms with E-state index in [1.54, 1.807) is 39.0 Å². The molecule has 0 unspecified atom stereocenters. The Morgan fingerprint density at radius 3 is 2.32 bits per heavy atom. The molecule has 0 fully saturated rings. The number of hydrogen-bond donors (Lipinski definition) is 1. The molecular weight excluding hydrogens is 434 g/mol. The Morgan fingerprint density at radius 1 is 1.06 bits per heavy atom. The molecule has 1 atom stereocenters. The summed E-state index contributed by atoms with van der Waals surface area (Å²) in [7, 11) is 1.31. The maximum atomic E-state index is 13.5. The molecule has 2 amide bonds. The van der Waals surface area contributed by atoms with Crippen molar-refractivity contribution in [2.45, 2.75) is 58.2 Å². The predicted molar refractivity (Wildman–Crippen MR) is 128 cm³/mol. The number of alkyl carbamates (subject to hydrolysis) is 1. The first-order valence-electron chi connectivity index (χ1n) is 11.1. The molecule has 0 aliphatic carbocycles. The van der Waals surface area contributed by atoms with Gasteiger partial charge in [-0.25, -0.2) is 14.6 Å². The minimum absolute atomic E-state index is 0.0906. The summed E-state index contributed by atoms with van der Waals surface area (Å²) in [6, 6.07) is 15.6. The summed E-state index contributed by atoms with van der Waals surface area (Å²) in [4.78, 5) is 44.5. The molecule has 0 saturated heterocycles. The van der Waals surface area contributed by atoms with Crippen LogP contribution in [0.15, 0.2) is 59.6 Å². The minimum Gasteiger partial charge on any atom is -0.465 e. The van der Waals surface area contributed by atoms with Gasteiger partial charge in [-0.05, 0) is 57.9 Å². The zero-order valence-electron chi connectivity index (χ0n) is 20.4. The second-order valence-corrected chi connectivity index (χ2v) is 9.75. The first kappa shape index (κ1) is 25.0. The van der Waals surface area contributed by atoms with Gasteiger partial charge in [-0.2, -0.15) is 0 Å². The molecule has 8 nitrogen and oxygen atoms in total. The van der Waals surface area contributed by atoms with Crippen LogP contribution in [0.4, 0.5) is 4.79 Å². The highest BCUT2D eigenvalue weighted by atomic mass is 16.6. The SMILES string of the molecule is COC(=O)c1cccc([C@H](c2ccccc2)N2C(=O)CC(C)(C)N=C2NC(=O)OC(C)(C)C)c1. The Kier molecular flexibility index (Phi) is 7.09. The number of esters is 1. The highest BCUT2D eigenvalue weighted by Gasteiger charge is 2.40. The lowest BCUT2D eigenvalue weighted by Crippen LogP contribution is -2.55. The zero-order valence-corrected chi connectivity index (χ0v) is 20.4. The summed E-state index contributed by atoms with van der Waals surface area (Å²) in [5.74, 6) is -0.614. The van der Waals surface area contributed by atoms with E-state index in [1.165, 1.54) is 12.0 Å². The molecule has 0 saturated carbocycles. The van der Waals surface area contributed by atoms with Crippen molar-refractivity contribution >= 4 is 23.9 Å². The number of carbonyl (C=O) groups excluding carboxylic acids is 3. The molecule has 1 N–H and O–H groups in total. The summed E-state index contributed by atoms with van der Waals surface area (Å²) < 4.78 is 10.3. The van der Waals surface area contributed by atoms with Gasteiger partial charge in [-0.15, -0.1) is 0 Å². The predicted octanol–water partition coefficient (Wildman–Crippen LogP) is 4.45. The molecule has 0 bridgehead atoms. The minimum atomic E-state index is -0.725. The smallest absolute Gasteiger partial charge is 0.414 e. The first-order valence-corrected chi connectivity index (χ1v) is 11.1. The highest BCUT2D eigenvalue weighted by Crippen LogP contribution is 2.34. The summed E-state index contributed by atoms with van der Waals surface area (Å²) in [5.41, 5.74) is 0.367. The highest BCUT2D eigenvalue weighted by molar-refractivity contribution is 6.05. The number of nitrogens with one attached hydrogen (secondary N) is 1. The van der Waals surface area contributed by atoms with Crippen LogP contribution in [-0.2, 0) is 14.3 Å². The molecule has 180 valence electrons. The number of nitrogens with zero attached hydrogens (tertiary/aromatic N) is 2. The van der Waals surface area contributed by atoms with Crippen LogP contribution in [0.1, 0.15) is 68.6 Å². The largest absolute Gasteiger partial charge is 0.465 e.